The first-order valence-electron chi connectivity index (χ1n) is 5.64. The Kier molecular flexibility index (Phi) is 3.41. The summed E-state index contributed by atoms with van der Waals surface area (Å²) in [5, 5.41) is 4.23. The number of nitrogen functional groups attached to an aromatic ring is 1. The van der Waals surface area contributed by atoms with Gasteiger partial charge in [-0.05, 0) is 24.6 Å². The number of hydrogen-bond acceptors (Lipinski definition) is 4. The Bertz CT molecular complexity index is 530. The first kappa shape index (κ1) is 12.3. The molecule has 1 aromatic carbocycles. The van der Waals surface area contributed by atoms with E-state index in [9.17, 15) is 0 Å². The van der Waals surface area contributed by atoms with Crippen LogP contribution >= 0.6 is 0 Å². The minimum atomic E-state index is 0.565. The van der Waals surface area contributed by atoms with E-state index in [1.807, 2.05) is 36.0 Å². The second-order valence-electron chi connectivity index (χ2n) is 4.08. The number of benzene rings is 1. The summed E-state index contributed by atoms with van der Waals surface area (Å²) >= 11 is 0. The normalized spacial score (nSPS) is 10.4. The molecule has 2 aromatic rings. The molecule has 0 aliphatic carbocycles. The highest BCUT2D eigenvalue weighted by molar-refractivity contribution is 5.43. The predicted octanol–water partition coefficient (Wildman–Crippen LogP) is 1.84. The van der Waals surface area contributed by atoms with Gasteiger partial charge in [-0.3, -0.25) is 4.68 Å². The number of nitrogens with two attached hydrogens (primary N) is 1. The minimum absolute atomic E-state index is 0.565. The molecule has 0 saturated heterocycles. The number of ether oxygens (including phenoxy) is 2. The van der Waals surface area contributed by atoms with E-state index in [2.05, 4.69) is 5.10 Å². The molecule has 1 aromatic heterocycles. The van der Waals surface area contributed by atoms with Gasteiger partial charge in [-0.2, -0.15) is 5.10 Å². The Labute approximate surface area is 106 Å². The Morgan fingerprint density at radius 1 is 1.22 bits per heavy atom. The van der Waals surface area contributed by atoms with E-state index in [-0.39, 0.29) is 0 Å². The van der Waals surface area contributed by atoms with Crippen LogP contribution in [-0.2, 0) is 6.54 Å². The first-order valence-corrected chi connectivity index (χ1v) is 5.64. The summed E-state index contributed by atoms with van der Waals surface area (Å²) in [4.78, 5) is 0. The van der Waals surface area contributed by atoms with Crippen molar-refractivity contribution in [2.45, 2.75) is 13.5 Å². The Balaban J connectivity index is 2.24. The highest BCUT2D eigenvalue weighted by Crippen LogP contribution is 2.27. The zero-order valence-electron chi connectivity index (χ0n) is 10.8. The lowest BCUT2D eigenvalue weighted by molar-refractivity contribution is 0.354. The largest absolute Gasteiger partial charge is 0.493 e. The van der Waals surface area contributed by atoms with Crippen molar-refractivity contribution in [2.24, 2.45) is 0 Å². The van der Waals surface area contributed by atoms with Crippen molar-refractivity contribution < 1.29 is 9.47 Å². The third-order valence-corrected chi connectivity index (χ3v) is 2.78. The molecular weight excluding hydrogens is 230 g/mol. The summed E-state index contributed by atoms with van der Waals surface area (Å²) in [5.41, 5.74) is 7.78. The molecule has 1 heterocycles. The van der Waals surface area contributed by atoms with Crippen LogP contribution in [0.15, 0.2) is 24.4 Å². The van der Waals surface area contributed by atoms with E-state index in [1.165, 1.54) is 0 Å². The molecule has 0 aliphatic rings. The number of hydrogen-bond donors (Lipinski definition) is 1. The average Bonchev–Trinajstić information content (AvgIpc) is 2.68. The molecule has 5 heteroatoms. The fraction of sp³-hybridized carbons (Fsp3) is 0.308. The van der Waals surface area contributed by atoms with Crippen molar-refractivity contribution in [1.82, 2.24) is 9.78 Å². The molecule has 0 amide bonds. The van der Waals surface area contributed by atoms with E-state index >= 15 is 0 Å². The number of methoxy groups -OCH3 is 2. The lowest BCUT2D eigenvalue weighted by Crippen LogP contribution is -2.02. The quantitative estimate of drug-likeness (QED) is 0.895. The minimum Gasteiger partial charge on any atom is -0.493 e. The maximum absolute atomic E-state index is 5.72. The van der Waals surface area contributed by atoms with Crippen LogP contribution in [0, 0.1) is 6.92 Å². The maximum atomic E-state index is 5.72. The van der Waals surface area contributed by atoms with E-state index in [1.54, 1.807) is 14.2 Å². The maximum Gasteiger partial charge on any atom is 0.161 e. The molecule has 0 atom stereocenters. The van der Waals surface area contributed by atoms with Gasteiger partial charge in [0.15, 0.2) is 11.5 Å². The highest BCUT2D eigenvalue weighted by Gasteiger charge is 2.06. The topological polar surface area (TPSA) is 62.3 Å². The number of anilines is 1. The van der Waals surface area contributed by atoms with Crippen LogP contribution in [-0.4, -0.2) is 24.0 Å². The summed E-state index contributed by atoms with van der Waals surface area (Å²) in [6.45, 7) is 2.59. The summed E-state index contributed by atoms with van der Waals surface area (Å²) in [7, 11) is 3.24. The van der Waals surface area contributed by atoms with Gasteiger partial charge in [-0.15, -0.1) is 0 Å². The van der Waals surface area contributed by atoms with Crippen molar-refractivity contribution in [3.05, 3.63) is 35.5 Å². The van der Waals surface area contributed by atoms with Gasteiger partial charge in [0, 0.05) is 11.8 Å². The van der Waals surface area contributed by atoms with Crippen LogP contribution in [0.5, 0.6) is 11.5 Å². The molecule has 0 bridgehead atoms. The zero-order valence-corrected chi connectivity index (χ0v) is 10.8. The van der Waals surface area contributed by atoms with Crippen LogP contribution in [0.1, 0.15) is 11.1 Å². The van der Waals surface area contributed by atoms with Crippen LogP contribution in [0.3, 0.4) is 0 Å². The SMILES string of the molecule is COc1ccc(Cn2cc(C)c(N)n2)cc1OC. The fourth-order valence-electron chi connectivity index (χ4n) is 1.78. The lowest BCUT2D eigenvalue weighted by Gasteiger charge is -2.09. The molecule has 2 rings (SSSR count). The monoisotopic (exact) mass is 247 g/mol. The van der Waals surface area contributed by atoms with Gasteiger partial charge in [-0.1, -0.05) is 6.07 Å². The summed E-state index contributed by atoms with van der Waals surface area (Å²) in [6, 6.07) is 5.80. The van der Waals surface area contributed by atoms with E-state index in [0.29, 0.717) is 18.1 Å². The second kappa shape index (κ2) is 5.00. The smallest absolute Gasteiger partial charge is 0.161 e. The third kappa shape index (κ3) is 2.40. The highest BCUT2D eigenvalue weighted by atomic mass is 16.5. The van der Waals surface area contributed by atoms with Gasteiger partial charge in [0.25, 0.3) is 0 Å². The standard InChI is InChI=1S/C13H17N3O2/c1-9-7-16(15-13(9)14)8-10-4-5-11(17-2)12(6-10)18-3/h4-7H,8H2,1-3H3,(H2,14,15). The second-order valence-corrected chi connectivity index (χ2v) is 4.08. The molecule has 2 N–H and O–H groups in total. The molecule has 0 saturated carbocycles. The molecule has 0 fully saturated rings. The van der Waals surface area contributed by atoms with Crippen molar-refractivity contribution in [3.63, 3.8) is 0 Å². The average molecular weight is 247 g/mol. The van der Waals surface area contributed by atoms with Crippen LogP contribution in [0.25, 0.3) is 0 Å². The first-order chi connectivity index (χ1) is 8.63. The van der Waals surface area contributed by atoms with Gasteiger partial charge in [0.05, 0.1) is 20.8 Å². The molecule has 0 unspecified atom stereocenters. The van der Waals surface area contributed by atoms with Crippen molar-refractivity contribution in [1.29, 1.82) is 0 Å². The Morgan fingerprint density at radius 2 is 1.94 bits per heavy atom. The summed E-state index contributed by atoms with van der Waals surface area (Å²) < 4.78 is 12.3. The molecule has 96 valence electrons. The summed E-state index contributed by atoms with van der Waals surface area (Å²) in [5.74, 6) is 2.00. The summed E-state index contributed by atoms with van der Waals surface area (Å²) in [6.07, 6.45) is 1.92. The fourth-order valence-corrected chi connectivity index (χ4v) is 1.78. The van der Waals surface area contributed by atoms with Gasteiger partial charge in [0.1, 0.15) is 5.82 Å². The zero-order chi connectivity index (χ0) is 13.1. The van der Waals surface area contributed by atoms with Crippen molar-refractivity contribution in [3.8, 4) is 11.5 Å². The molecule has 0 aliphatic heterocycles. The van der Waals surface area contributed by atoms with Crippen LogP contribution < -0.4 is 15.2 Å². The molecule has 18 heavy (non-hydrogen) atoms. The van der Waals surface area contributed by atoms with Crippen LogP contribution in [0.4, 0.5) is 5.82 Å². The molecular formula is C13H17N3O2. The van der Waals surface area contributed by atoms with E-state index < -0.39 is 0 Å². The Morgan fingerprint density at radius 3 is 2.50 bits per heavy atom. The number of aryl methyl sites for hydroxylation is 1. The third-order valence-electron chi connectivity index (χ3n) is 2.78. The number of rotatable bonds is 4. The molecule has 5 nitrogen and oxygen atoms in total. The number of nitrogens with zero attached hydrogens (tertiary/aromatic N) is 2. The molecule has 0 radical (unpaired) electrons. The van der Waals surface area contributed by atoms with Crippen molar-refractivity contribution in [2.75, 3.05) is 20.0 Å². The van der Waals surface area contributed by atoms with Crippen molar-refractivity contribution >= 4 is 5.82 Å². The van der Waals surface area contributed by atoms with E-state index in [0.717, 1.165) is 16.9 Å². The van der Waals surface area contributed by atoms with Crippen LogP contribution in [0.2, 0.25) is 0 Å². The van der Waals surface area contributed by atoms with Gasteiger partial charge < -0.3 is 15.2 Å². The Hall–Kier alpha value is -2.17. The van der Waals surface area contributed by atoms with Gasteiger partial charge in [0.2, 0.25) is 0 Å². The van der Waals surface area contributed by atoms with Gasteiger partial charge in [-0.25, -0.2) is 0 Å². The molecule has 0 spiro atoms. The number of aromatic nitrogens is 2. The lowest BCUT2D eigenvalue weighted by atomic mass is 10.2. The van der Waals surface area contributed by atoms with Gasteiger partial charge >= 0.3 is 0 Å². The predicted molar refractivity (Wildman–Crippen MR) is 70.0 cm³/mol. The van der Waals surface area contributed by atoms with E-state index in [4.69, 9.17) is 15.2 Å².